The molecule has 2 aliphatic rings. The molecule has 13 heavy (non-hydrogen) atoms. The highest BCUT2D eigenvalue weighted by atomic mass is 16.7. The lowest BCUT2D eigenvalue weighted by Crippen LogP contribution is -2.37. The van der Waals surface area contributed by atoms with Crippen molar-refractivity contribution in [2.24, 2.45) is 0 Å². The lowest BCUT2D eigenvalue weighted by Gasteiger charge is -2.07. The third kappa shape index (κ3) is 3.17. The smallest absolute Gasteiger partial charge is 0.318 e. The number of amides is 2. The van der Waals surface area contributed by atoms with Crippen molar-refractivity contribution in [3.63, 3.8) is 0 Å². The van der Waals surface area contributed by atoms with E-state index in [2.05, 4.69) is 10.6 Å². The molecule has 0 aromatic rings. The Bertz CT molecular complexity index is 191. The van der Waals surface area contributed by atoms with Crippen LogP contribution in [0.15, 0.2) is 0 Å². The lowest BCUT2D eigenvalue weighted by molar-refractivity contribution is -0.0730. The minimum Gasteiger partial charge on any atom is -0.325 e. The van der Waals surface area contributed by atoms with Crippen molar-refractivity contribution >= 4 is 6.03 Å². The molecule has 0 aromatic heterocycles. The molecule has 0 bridgehead atoms. The van der Waals surface area contributed by atoms with Crippen molar-refractivity contribution in [2.75, 3.05) is 39.6 Å². The molecule has 2 N–H and O–H groups in total. The molecule has 2 amide bonds. The maximum absolute atomic E-state index is 11.0. The lowest BCUT2D eigenvalue weighted by atomic mass is 10.9. The second-order valence-electron chi connectivity index (χ2n) is 3.10. The summed E-state index contributed by atoms with van der Waals surface area (Å²) >= 11 is 0. The first-order valence-corrected chi connectivity index (χ1v) is 4.47. The standard InChI is InChI=1S/C7H14N4O2/c12-7(10-1-2-10)9-5-8-6-13-11-3-4-11/h8H,1-6H2,(H,9,12). The molecule has 2 fully saturated rings. The van der Waals surface area contributed by atoms with E-state index >= 15 is 0 Å². The maximum Gasteiger partial charge on any atom is 0.318 e. The van der Waals surface area contributed by atoms with Crippen LogP contribution in [0.2, 0.25) is 0 Å². The van der Waals surface area contributed by atoms with Gasteiger partial charge in [-0.1, -0.05) is 0 Å². The highest BCUT2D eigenvalue weighted by Crippen LogP contribution is 2.02. The van der Waals surface area contributed by atoms with Crippen LogP contribution in [0.25, 0.3) is 0 Å². The van der Waals surface area contributed by atoms with Gasteiger partial charge in [-0.05, 0) is 0 Å². The Kier molecular flexibility index (Phi) is 2.62. The summed E-state index contributed by atoms with van der Waals surface area (Å²) < 4.78 is 0. The molecule has 2 aliphatic heterocycles. The molecule has 2 saturated heterocycles. The molecular weight excluding hydrogens is 172 g/mol. The first-order chi connectivity index (χ1) is 6.36. The van der Waals surface area contributed by atoms with Crippen LogP contribution < -0.4 is 10.6 Å². The van der Waals surface area contributed by atoms with Gasteiger partial charge in [0.05, 0.1) is 6.67 Å². The van der Waals surface area contributed by atoms with E-state index in [4.69, 9.17) is 4.84 Å². The summed E-state index contributed by atoms with van der Waals surface area (Å²) in [6.45, 7) is 4.72. The molecule has 0 radical (unpaired) electrons. The van der Waals surface area contributed by atoms with E-state index in [9.17, 15) is 4.79 Å². The Hall–Kier alpha value is -0.850. The predicted octanol–water partition coefficient (Wildman–Crippen LogP) is -1.24. The number of carbonyl (C=O) groups is 1. The first kappa shape index (κ1) is 8.74. The zero-order valence-corrected chi connectivity index (χ0v) is 7.45. The van der Waals surface area contributed by atoms with Crippen LogP contribution in [0.4, 0.5) is 4.79 Å². The van der Waals surface area contributed by atoms with Crippen molar-refractivity contribution in [1.29, 1.82) is 0 Å². The average molecular weight is 186 g/mol. The van der Waals surface area contributed by atoms with E-state index in [1.807, 2.05) is 5.06 Å². The van der Waals surface area contributed by atoms with Gasteiger partial charge in [-0.15, -0.1) is 0 Å². The summed E-state index contributed by atoms with van der Waals surface area (Å²) in [7, 11) is 0. The third-order valence-electron chi connectivity index (χ3n) is 1.85. The number of nitrogens with zero attached hydrogens (tertiary/aromatic N) is 2. The fourth-order valence-corrected chi connectivity index (χ4v) is 0.861. The van der Waals surface area contributed by atoms with Gasteiger partial charge in [0, 0.05) is 26.2 Å². The number of rotatable bonds is 5. The van der Waals surface area contributed by atoms with Gasteiger partial charge in [-0.25, -0.2) is 4.79 Å². The molecule has 0 spiro atoms. The molecule has 0 aromatic carbocycles. The normalized spacial score (nSPS) is 20.2. The quantitative estimate of drug-likeness (QED) is 0.320. The molecule has 2 heterocycles. The van der Waals surface area contributed by atoms with Gasteiger partial charge >= 0.3 is 6.03 Å². The second kappa shape index (κ2) is 3.91. The number of hydrogen-bond donors (Lipinski definition) is 2. The molecule has 2 rings (SSSR count). The zero-order valence-electron chi connectivity index (χ0n) is 7.45. The van der Waals surface area contributed by atoms with E-state index < -0.39 is 0 Å². The Morgan fingerprint density at radius 2 is 2.08 bits per heavy atom. The van der Waals surface area contributed by atoms with Crippen LogP contribution in [-0.4, -0.2) is 55.6 Å². The highest BCUT2D eigenvalue weighted by Gasteiger charge is 2.23. The van der Waals surface area contributed by atoms with Gasteiger partial charge in [-0.3, -0.25) is 10.2 Å². The molecule has 74 valence electrons. The van der Waals surface area contributed by atoms with Crippen LogP contribution in [-0.2, 0) is 4.84 Å². The summed E-state index contributed by atoms with van der Waals surface area (Å²) in [6, 6.07) is -0.000715. The summed E-state index contributed by atoms with van der Waals surface area (Å²) in [5.41, 5.74) is 0. The fourth-order valence-electron chi connectivity index (χ4n) is 0.861. The van der Waals surface area contributed by atoms with E-state index in [1.165, 1.54) is 0 Å². The minimum absolute atomic E-state index is 0.000715. The van der Waals surface area contributed by atoms with Crippen molar-refractivity contribution in [3.05, 3.63) is 0 Å². The number of nitrogens with one attached hydrogen (secondary N) is 2. The minimum atomic E-state index is -0.000715. The Morgan fingerprint density at radius 3 is 2.69 bits per heavy atom. The Labute approximate surface area is 76.8 Å². The number of urea groups is 1. The molecule has 0 unspecified atom stereocenters. The van der Waals surface area contributed by atoms with E-state index in [0.29, 0.717) is 13.4 Å². The van der Waals surface area contributed by atoms with Crippen LogP contribution in [0.1, 0.15) is 0 Å². The second-order valence-corrected chi connectivity index (χ2v) is 3.10. The van der Waals surface area contributed by atoms with Crippen molar-refractivity contribution in [3.8, 4) is 0 Å². The molecule has 0 saturated carbocycles. The molecule has 6 nitrogen and oxygen atoms in total. The topological polar surface area (TPSA) is 56.4 Å². The van der Waals surface area contributed by atoms with Gasteiger partial charge in [0.1, 0.15) is 6.73 Å². The summed E-state index contributed by atoms with van der Waals surface area (Å²) in [4.78, 5) is 17.9. The van der Waals surface area contributed by atoms with Crippen molar-refractivity contribution < 1.29 is 9.63 Å². The number of hydrogen-bond acceptors (Lipinski definition) is 4. The number of carbonyl (C=O) groups excluding carboxylic acids is 1. The summed E-state index contributed by atoms with van der Waals surface area (Å²) in [5, 5.41) is 7.51. The van der Waals surface area contributed by atoms with Gasteiger partial charge < -0.3 is 10.2 Å². The van der Waals surface area contributed by atoms with E-state index in [-0.39, 0.29) is 6.03 Å². The third-order valence-corrected chi connectivity index (χ3v) is 1.85. The van der Waals surface area contributed by atoms with E-state index in [1.54, 1.807) is 4.90 Å². The largest absolute Gasteiger partial charge is 0.325 e. The SMILES string of the molecule is O=C(NCNCON1CC1)N1CC1. The Balaban J connectivity index is 1.41. The molecule has 0 aliphatic carbocycles. The van der Waals surface area contributed by atoms with Gasteiger partial charge in [0.15, 0.2) is 0 Å². The first-order valence-electron chi connectivity index (χ1n) is 4.47. The van der Waals surface area contributed by atoms with Crippen molar-refractivity contribution in [1.82, 2.24) is 20.6 Å². The molecule has 0 atom stereocenters. The van der Waals surface area contributed by atoms with Crippen LogP contribution in [0.3, 0.4) is 0 Å². The van der Waals surface area contributed by atoms with Crippen LogP contribution in [0, 0.1) is 0 Å². The highest BCUT2D eigenvalue weighted by molar-refractivity contribution is 5.76. The van der Waals surface area contributed by atoms with Crippen molar-refractivity contribution in [2.45, 2.75) is 0 Å². The molecule has 6 heteroatoms. The molecular formula is C7H14N4O2. The average Bonchev–Trinajstić information content (AvgIpc) is 2.98. The fraction of sp³-hybridized carbons (Fsp3) is 0.857. The van der Waals surface area contributed by atoms with Crippen LogP contribution >= 0.6 is 0 Å². The predicted molar refractivity (Wildman–Crippen MR) is 45.6 cm³/mol. The Morgan fingerprint density at radius 1 is 1.31 bits per heavy atom. The number of hydroxylamine groups is 2. The summed E-state index contributed by atoms with van der Waals surface area (Å²) in [6.07, 6.45) is 0. The van der Waals surface area contributed by atoms with Gasteiger partial charge in [0.2, 0.25) is 0 Å². The van der Waals surface area contributed by atoms with E-state index in [0.717, 1.165) is 26.2 Å². The van der Waals surface area contributed by atoms with Crippen LogP contribution in [0.5, 0.6) is 0 Å². The van der Waals surface area contributed by atoms with Gasteiger partial charge in [-0.2, -0.15) is 5.06 Å². The monoisotopic (exact) mass is 186 g/mol. The zero-order chi connectivity index (χ0) is 9.10. The summed E-state index contributed by atoms with van der Waals surface area (Å²) in [5.74, 6) is 0. The maximum atomic E-state index is 11.0. The van der Waals surface area contributed by atoms with Gasteiger partial charge in [0.25, 0.3) is 0 Å².